The van der Waals surface area contributed by atoms with E-state index < -0.39 is 5.41 Å². The highest BCUT2D eigenvalue weighted by Gasteiger charge is 2.50. The van der Waals surface area contributed by atoms with Crippen LogP contribution in [-0.4, -0.2) is 4.57 Å². The second kappa shape index (κ2) is 11.1. The van der Waals surface area contributed by atoms with E-state index in [1.165, 1.54) is 91.8 Å². The van der Waals surface area contributed by atoms with E-state index in [0.717, 1.165) is 17.1 Å². The van der Waals surface area contributed by atoms with Gasteiger partial charge in [0.25, 0.3) is 0 Å². The Morgan fingerprint density at radius 2 is 1.02 bits per heavy atom. The molecule has 2 heterocycles. The van der Waals surface area contributed by atoms with Crippen LogP contribution in [0.3, 0.4) is 0 Å². The first-order chi connectivity index (χ1) is 27.8. The molecule has 9 aromatic carbocycles. The summed E-state index contributed by atoms with van der Waals surface area (Å²) in [5, 5.41) is 7.90. The van der Waals surface area contributed by atoms with Gasteiger partial charge in [-0.1, -0.05) is 121 Å². The zero-order valence-corrected chi connectivity index (χ0v) is 31.1. The van der Waals surface area contributed by atoms with E-state index in [2.05, 4.69) is 204 Å². The van der Waals surface area contributed by atoms with Crippen molar-refractivity contribution in [2.24, 2.45) is 0 Å². The predicted octanol–water partition coefficient (Wildman–Crippen LogP) is 14.5. The Kier molecular flexibility index (Phi) is 6.01. The van der Waals surface area contributed by atoms with E-state index in [1.807, 2.05) is 11.3 Å². The molecule has 0 aliphatic heterocycles. The molecule has 0 N–H and O–H groups in total. The van der Waals surface area contributed by atoms with Crippen LogP contribution in [0, 0.1) is 0 Å². The van der Waals surface area contributed by atoms with Crippen molar-refractivity contribution >= 4 is 81.1 Å². The number of fused-ring (bicyclic) bond motifs is 10. The topological polar surface area (TPSA) is 8.17 Å². The fourth-order valence-corrected chi connectivity index (χ4v) is 11.5. The predicted molar refractivity (Wildman–Crippen MR) is 237 cm³/mol. The van der Waals surface area contributed by atoms with Crippen LogP contribution in [0.25, 0.3) is 69.6 Å². The minimum Gasteiger partial charge on any atom is -0.310 e. The van der Waals surface area contributed by atoms with E-state index in [0.29, 0.717) is 0 Å². The van der Waals surface area contributed by atoms with Crippen molar-refractivity contribution in [2.75, 3.05) is 4.90 Å². The number of hydrogen-bond donors (Lipinski definition) is 0. The molecule has 1 spiro atoms. The number of rotatable bonds is 4. The maximum absolute atomic E-state index is 2.53. The molecule has 260 valence electrons. The number of thiophene rings is 1. The lowest BCUT2D eigenvalue weighted by Gasteiger charge is -2.39. The summed E-state index contributed by atoms with van der Waals surface area (Å²) in [5.41, 5.74) is 14.6. The van der Waals surface area contributed by atoms with Crippen LogP contribution >= 0.6 is 11.3 Å². The number of hydrogen-bond acceptors (Lipinski definition) is 2. The van der Waals surface area contributed by atoms with E-state index >= 15 is 0 Å². The third-order valence-electron chi connectivity index (χ3n) is 12.5. The van der Waals surface area contributed by atoms with E-state index in [4.69, 9.17) is 0 Å². The van der Waals surface area contributed by atoms with Crippen LogP contribution < -0.4 is 4.90 Å². The number of para-hydroxylation sites is 2. The molecule has 56 heavy (non-hydrogen) atoms. The van der Waals surface area contributed by atoms with Crippen molar-refractivity contribution in [1.29, 1.82) is 0 Å². The van der Waals surface area contributed by atoms with Crippen LogP contribution in [0.15, 0.2) is 194 Å². The third-order valence-corrected chi connectivity index (χ3v) is 13.7. The van der Waals surface area contributed by atoms with Crippen molar-refractivity contribution < 1.29 is 0 Å². The quantitative estimate of drug-likeness (QED) is 0.175. The Morgan fingerprint density at radius 1 is 0.393 bits per heavy atom. The monoisotopic (exact) mass is 728 g/mol. The van der Waals surface area contributed by atoms with E-state index in [1.54, 1.807) is 0 Å². The molecule has 0 saturated heterocycles. The van der Waals surface area contributed by atoms with Gasteiger partial charge in [-0.2, -0.15) is 0 Å². The molecule has 0 unspecified atom stereocenters. The molecule has 2 aliphatic rings. The highest BCUT2D eigenvalue weighted by molar-refractivity contribution is 7.25. The molecule has 11 aromatic rings. The Morgan fingerprint density at radius 3 is 1.77 bits per heavy atom. The lowest BCUT2D eigenvalue weighted by molar-refractivity contribution is 0.783. The molecule has 0 radical (unpaired) electrons. The molecular formula is C53H32N2S. The maximum Gasteiger partial charge on any atom is 0.0727 e. The number of benzene rings is 9. The van der Waals surface area contributed by atoms with Gasteiger partial charge in [-0.15, -0.1) is 11.3 Å². The zero-order chi connectivity index (χ0) is 36.5. The molecule has 2 nitrogen and oxygen atoms in total. The molecule has 0 fully saturated rings. The van der Waals surface area contributed by atoms with Crippen molar-refractivity contribution in [3.05, 3.63) is 216 Å². The van der Waals surface area contributed by atoms with Crippen molar-refractivity contribution in [2.45, 2.75) is 5.41 Å². The van der Waals surface area contributed by atoms with Crippen LogP contribution in [0.4, 0.5) is 17.1 Å². The summed E-state index contributed by atoms with van der Waals surface area (Å²) < 4.78 is 5.18. The van der Waals surface area contributed by atoms with Gasteiger partial charge < -0.3 is 9.47 Å². The largest absolute Gasteiger partial charge is 0.310 e. The zero-order valence-electron chi connectivity index (χ0n) is 30.3. The number of anilines is 3. The number of nitrogens with zero attached hydrogens (tertiary/aromatic N) is 2. The summed E-state index contributed by atoms with van der Waals surface area (Å²) >= 11 is 1.87. The molecule has 13 rings (SSSR count). The minimum atomic E-state index is -0.527. The highest BCUT2D eigenvalue weighted by atomic mass is 32.1. The third kappa shape index (κ3) is 3.80. The number of aromatic nitrogens is 1. The average molecular weight is 729 g/mol. The van der Waals surface area contributed by atoms with E-state index in [9.17, 15) is 0 Å². The smallest absolute Gasteiger partial charge is 0.0727 e. The summed E-state index contributed by atoms with van der Waals surface area (Å²) in [6, 6.07) is 72.5. The van der Waals surface area contributed by atoms with Gasteiger partial charge in [-0.25, -0.2) is 0 Å². The van der Waals surface area contributed by atoms with Crippen molar-refractivity contribution in [1.82, 2.24) is 4.57 Å². The van der Waals surface area contributed by atoms with Gasteiger partial charge in [0, 0.05) is 53.7 Å². The maximum atomic E-state index is 2.53. The minimum absolute atomic E-state index is 0.527. The molecule has 2 aliphatic carbocycles. The van der Waals surface area contributed by atoms with Gasteiger partial charge >= 0.3 is 0 Å². The lowest BCUT2D eigenvalue weighted by Crippen LogP contribution is -2.31. The molecule has 0 bridgehead atoms. The second-order valence-electron chi connectivity index (χ2n) is 15.2. The van der Waals surface area contributed by atoms with Crippen LogP contribution in [-0.2, 0) is 5.41 Å². The molecule has 0 amide bonds. The average Bonchev–Trinajstić information content (AvgIpc) is 3.90. The summed E-state index contributed by atoms with van der Waals surface area (Å²) in [6.07, 6.45) is 0. The molecule has 3 heteroatoms. The van der Waals surface area contributed by atoms with E-state index in [-0.39, 0.29) is 0 Å². The summed E-state index contributed by atoms with van der Waals surface area (Å²) in [5.74, 6) is 0. The van der Waals surface area contributed by atoms with Crippen LogP contribution in [0.5, 0.6) is 0 Å². The standard InChI is InChI=1S/C53H32N2S/c1-3-14-34(15-4-1)54(35-16-5-2-6-17-35)37-30-33-26-28-47-52-50(33)45(32-37)53(42-21-10-7-18-38(42)39-19-8-11-22-43(39)53)44-23-13-24-46(51(44)52)55(47)36-27-29-49-41(31-36)40-20-9-12-25-48(40)56-49/h1-32H. The van der Waals surface area contributed by atoms with Gasteiger partial charge in [0.05, 0.1) is 16.4 Å². The van der Waals surface area contributed by atoms with Gasteiger partial charge in [0.1, 0.15) is 0 Å². The Balaban J connectivity index is 1.20. The fourth-order valence-electron chi connectivity index (χ4n) is 10.4. The van der Waals surface area contributed by atoms with Crippen LogP contribution in [0.2, 0.25) is 0 Å². The van der Waals surface area contributed by atoms with Crippen molar-refractivity contribution in [3.8, 4) is 16.8 Å². The Bertz CT molecular complexity index is 3340. The van der Waals surface area contributed by atoms with Crippen molar-refractivity contribution in [3.63, 3.8) is 0 Å². The van der Waals surface area contributed by atoms with Crippen LogP contribution in [0.1, 0.15) is 22.3 Å². The van der Waals surface area contributed by atoms with Gasteiger partial charge in [0.2, 0.25) is 0 Å². The van der Waals surface area contributed by atoms with Gasteiger partial charge in [-0.3, -0.25) is 0 Å². The van der Waals surface area contributed by atoms with Gasteiger partial charge in [0.15, 0.2) is 0 Å². The first kappa shape index (κ1) is 30.4. The summed E-state index contributed by atoms with van der Waals surface area (Å²) in [4.78, 5) is 2.42. The normalized spacial score (nSPS) is 13.5. The highest BCUT2D eigenvalue weighted by Crippen LogP contribution is 2.63. The molecule has 2 aromatic heterocycles. The first-order valence-corrected chi connectivity index (χ1v) is 20.2. The first-order valence-electron chi connectivity index (χ1n) is 19.4. The van der Waals surface area contributed by atoms with Gasteiger partial charge in [-0.05, 0) is 117 Å². The second-order valence-corrected chi connectivity index (χ2v) is 16.3. The Hall–Kier alpha value is -6.94. The summed E-state index contributed by atoms with van der Waals surface area (Å²) in [6.45, 7) is 0. The SMILES string of the molecule is c1ccc(N(c2ccccc2)c2cc3c4c(ccc5c4c4c(cccc4n5-c4ccc5sc6ccccc6c5c4)C34c3ccccc3-c3ccccc34)c2)cc1. The Labute approximate surface area is 327 Å². The molecule has 0 saturated carbocycles. The molecule has 0 atom stereocenters. The fraction of sp³-hybridized carbons (Fsp3) is 0.0189. The lowest BCUT2D eigenvalue weighted by atomic mass is 9.63. The summed E-state index contributed by atoms with van der Waals surface area (Å²) in [7, 11) is 0. The molecular weight excluding hydrogens is 697 g/mol.